The molecular weight excluding hydrogens is 442 g/mol. The summed E-state index contributed by atoms with van der Waals surface area (Å²) in [6.07, 6.45) is 0. The predicted molar refractivity (Wildman–Crippen MR) is 126 cm³/mol. The van der Waals surface area contributed by atoms with Crippen molar-refractivity contribution < 1.29 is 14.3 Å². The summed E-state index contributed by atoms with van der Waals surface area (Å²) in [4.78, 5) is 22.7. The maximum atomic E-state index is 13.1. The largest absolute Gasteiger partial charge is 0.495 e. The van der Waals surface area contributed by atoms with Gasteiger partial charge in [0.05, 0.1) is 20.0 Å². The second-order valence-corrected chi connectivity index (χ2v) is 9.20. The summed E-state index contributed by atoms with van der Waals surface area (Å²) in [5.41, 5.74) is 0.699. The molecule has 1 aromatic heterocycles. The number of carbonyl (C=O) groups excluding carboxylic acids is 1. The molecule has 0 aliphatic carbocycles. The van der Waals surface area contributed by atoms with Crippen LogP contribution in [-0.4, -0.2) is 62.9 Å². The van der Waals surface area contributed by atoms with Crippen molar-refractivity contribution in [2.75, 3.05) is 52.1 Å². The Morgan fingerprint density at radius 3 is 2.37 bits per heavy atom. The van der Waals surface area contributed by atoms with Crippen LogP contribution in [-0.2, 0) is 4.79 Å². The number of likely N-dealkylation sites (N-methyl/N-ethyl adjacent to an activating group) is 1. The number of benzene rings is 2. The number of thiazole rings is 1. The second kappa shape index (κ2) is 10.3. The quantitative estimate of drug-likeness (QED) is 0.428. The number of halogens is 1. The zero-order valence-electron chi connectivity index (χ0n) is 17.3. The molecule has 30 heavy (non-hydrogen) atoms. The molecule has 0 atom stereocenters. The van der Waals surface area contributed by atoms with Gasteiger partial charge in [-0.3, -0.25) is 9.69 Å². The molecule has 6 nitrogen and oxygen atoms in total. The third-order valence-corrected chi connectivity index (χ3v) is 6.72. The summed E-state index contributed by atoms with van der Waals surface area (Å²) >= 11 is 8.86. The number of nitrogens with zero attached hydrogens (tertiary/aromatic N) is 3. The highest BCUT2D eigenvalue weighted by Crippen LogP contribution is 2.40. The summed E-state index contributed by atoms with van der Waals surface area (Å²) < 4.78 is 11.8. The van der Waals surface area contributed by atoms with Crippen LogP contribution in [0.5, 0.6) is 11.5 Å². The van der Waals surface area contributed by atoms with Crippen LogP contribution >= 0.6 is 34.7 Å². The molecule has 0 N–H and O–H groups in total. The van der Waals surface area contributed by atoms with Crippen molar-refractivity contribution >= 4 is 56.0 Å². The van der Waals surface area contributed by atoms with Gasteiger partial charge in [0.15, 0.2) is 5.13 Å². The Bertz CT molecular complexity index is 968. The maximum Gasteiger partial charge on any atom is 0.239 e. The normalized spacial score (nSPS) is 11.1. The van der Waals surface area contributed by atoms with E-state index in [1.54, 1.807) is 19.1 Å². The fourth-order valence-electron chi connectivity index (χ4n) is 2.77. The van der Waals surface area contributed by atoms with Gasteiger partial charge >= 0.3 is 0 Å². The maximum absolute atomic E-state index is 13.1. The van der Waals surface area contributed by atoms with Gasteiger partial charge in [-0.15, -0.1) is 11.8 Å². The number of rotatable bonds is 9. The van der Waals surface area contributed by atoms with E-state index in [1.807, 2.05) is 55.4 Å². The van der Waals surface area contributed by atoms with Gasteiger partial charge in [-0.25, -0.2) is 4.98 Å². The van der Waals surface area contributed by atoms with Crippen LogP contribution in [0.1, 0.15) is 0 Å². The number of ether oxygens (including phenoxy) is 2. The number of thioether (sulfide) groups is 1. The molecule has 0 saturated heterocycles. The van der Waals surface area contributed by atoms with Crippen molar-refractivity contribution in [1.82, 2.24) is 9.88 Å². The molecule has 1 amide bonds. The van der Waals surface area contributed by atoms with Gasteiger partial charge in [-0.05, 0) is 50.5 Å². The summed E-state index contributed by atoms with van der Waals surface area (Å²) in [5.74, 6) is 1.67. The van der Waals surface area contributed by atoms with Crippen LogP contribution in [0.15, 0.2) is 41.3 Å². The number of anilines is 1. The zero-order chi connectivity index (χ0) is 21.7. The highest BCUT2D eigenvalue weighted by molar-refractivity contribution is 8.00. The summed E-state index contributed by atoms with van der Waals surface area (Å²) in [5, 5.41) is 1.31. The van der Waals surface area contributed by atoms with E-state index in [4.69, 9.17) is 26.1 Å². The Morgan fingerprint density at radius 2 is 1.73 bits per heavy atom. The van der Waals surface area contributed by atoms with Crippen LogP contribution in [0.25, 0.3) is 10.2 Å². The minimum Gasteiger partial charge on any atom is -0.495 e. The van der Waals surface area contributed by atoms with Gasteiger partial charge in [0.1, 0.15) is 21.7 Å². The van der Waals surface area contributed by atoms with E-state index < -0.39 is 0 Å². The molecule has 0 unspecified atom stereocenters. The molecule has 0 fully saturated rings. The molecule has 1 heterocycles. The highest BCUT2D eigenvalue weighted by Gasteiger charge is 2.22. The molecule has 0 radical (unpaired) electrons. The Hall–Kier alpha value is -2.00. The van der Waals surface area contributed by atoms with E-state index in [9.17, 15) is 4.79 Å². The molecule has 0 saturated carbocycles. The van der Waals surface area contributed by atoms with E-state index in [1.165, 1.54) is 23.1 Å². The number of fused-ring (bicyclic) bond motifs is 1. The van der Waals surface area contributed by atoms with Crippen molar-refractivity contribution in [3.05, 3.63) is 41.4 Å². The molecule has 2 aromatic carbocycles. The summed E-state index contributed by atoms with van der Waals surface area (Å²) in [7, 11) is 7.20. The van der Waals surface area contributed by atoms with Crippen molar-refractivity contribution in [2.24, 2.45) is 0 Å². The van der Waals surface area contributed by atoms with Gasteiger partial charge in [0.2, 0.25) is 5.91 Å². The summed E-state index contributed by atoms with van der Waals surface area (Å²) in [6, 6.07) is 11.2. The Labute approximate surface area is 189 Å². The monoisotopic (exact) mass is 465 g/mol. The number of methoxy groups -OCH3 is 2. The molecule has 3 aromatic rings. The molecular formula is C21H24ClN3O3S2. The third-order valence-electron chi connectivity index (χ3n) is 4.38. The molecule has 0 spiro atoms. The zero-order valence-corrected chi connectivity index (χ0v) is 19.7. The van der Waals surface area contributed by atoms with Gasteiger partial charge in [0, 0.05) is 23.0 Å². The minimum absolute atomic E-state index is 0.00575. The Balaban J connectivity index is 1.88. The first-order valence-corrected chi connectivity index (χ1v) is 11.5. The van der Waals surface area contributed by atoms with E-state index in [0.29, 0.717) is 39.5 Å². The minimum atomic E-state index is -0.00575. The standard InChI is InChI=1S/C21H24ClN3O3S2/c1-24(2)11-12-25(18(26)13-29-15-7-5-14(22)6-8-15)21-23-19-16(27-3)9-10-17(28-4)20(19)30-21/h5-10H,11-13H2,1-4H3. The predicted octanol–water partition coefficient (Wildman–Crippen LogP) is 4.65. The van der Waals surface area contributed by atoms with E-state index in [2.05, 4.69) is 0 Å². The summed E-state index contributed by atoms with van der Waals surface area (Å²) in [6.45, 7) is 1.26. The fraction of sp³-hybridized carbons (Fsp3) is 0.333. The third kappa shape index (κ3) is 5.37. The molecule has 160 valence electrons. The van der Waals surface area contributed by atoms with Crippen molar-refractivity contribution in [3.8, 4) is 11.5 Å². The Morgan fingerprint density at radius 1 is 1.07 bits per heavy atom. The lowest BCUT2D eigenvalue weighted by Crippen LogP contribution is -2.37. The first-order valence-electron chi connectivity index (χ1n) is 9.28. The second-order valence-electron chi connectivity index (χ2n) is 6.74. The lowest BCUT2D eigenvalue weighted by molar-refractivity contribution is -0.116. The van der Waals surface area contributed by atoms with E-state index >= 15 is 0 Å². The molecule has 3 rings (SSSR count). The molecule has 0 bridgehead atoms. The first-order chi connectivity index (χ1) is 14.4. The number of amides is 1. The number of aromatic nitrogens is 1. The molecule has 0 aliphatic heterocycles. The fourth-order valence-corrected chi connectivity index (χ4v) is 4.79. The highest BCUT2D eigenvalue weighted by atomic mass is 35.5. The lowest BCUT2D eigenvalue weighted by atomic mass is 10.3. The average Bonchev–Trinajstić information content (AvgIpc) is 3.17. The van der Waals surface area contributed by atoms with E-state index in [0.717, 1.165) is 16.1 Å². The number of hydrogen-bond donors (Lipinski definition) is 0. The van der Waals surface area contributed by atoms with Crippen LogP contribution < -0.4 is 14.4 Å². The number of carbonyl (C=O) groups is 1. The van der Waals surface area contributed by atoms with Gasteiger partial charge in [0.25, 0.3) is 0 Å². The van der Waals surface area contributed by atoms with Crippen LogP contribution in [0, 0.1) is 0 Å². The van der Waals surface area contributed by atoms with Crippen LogP contribution in [0.4, 0.5) is 5.13 Å². The van der Waals surface area contributed by atoms with E-state index in [-0.39, 0.29) is 5.91 Å². The average molecular weight is 466 g/mol. The van der Waals surface area contributed by atoms with Crippen LogP contribution in [0.2, 0.25) is 5.02 Å². The van der Waals surface area contributed by atoms with Gasteiger partial charge in [-0.1, -0.05) is 22.9 Å². The Kier molecular flexibility index (Phi) is 7.82. The van der Waals surface area contributed by atoms with Crippen LogP contribution in [0.3, 0.4) is 0 Å². The van der Waals surface area contributed by atoms with Crippen molar-refractivity contribution in [3.63, 3.8) is 0 Å². The lowest BCUT2D eigenvalue weighted by Gasteiger charge is -2.21. The molecule has 0 aliphatic rings. The van der Waals surface area contributed by atoms with Crippen molar-refractivity contribution in [1.29, 1.82) is 0 Å². The topological polar surface area (TPSA) is 54.9 Å². The molecule has 9 heteroatoms. The number of hydrogen-bond acceptors (Lipinski definition) is 7. The van der Waals surface area contributed by atoms with Crippen molar-refractivity contribution in [2.45, 2.75) is 4.90 Å². The smallest absolute Gasteiger partial charge is 0.239 e. The van der Waals surface area contributed by atoms with Gasteiger partial charge < -0.3 is 14.4 Å². The SMILES string of the molecule is COc1ccc(OC)c2sc(N(CCN(C)C)C(=O)CSc3ccc(Cl)cc3)nc12. The first kappa shape index (κ1) is 22.7. The van der Waals surface area contributed by atoms with Gasteiger partial charge in [-0.2, -0.15) is 0 Å².